The zero-order valence-corrected chi connectivity index (χ0v) is 19.0. The second-order valence-electron chi connectivity index (χ2n) is 6.21. The van der Waals surface area contributed by atoms with Crippen LogP contribution in [-0.2, 0) is 13.0 Å². The average Bonchev–Trinajstić information content (AvgIpc) is 3.28. The van der Waals surface area contributed by atoms with Crippen molar-refractivity contribution >= 4 is 29.9 Å². The van der Waals surface area contributed by atoms with Crippen molar-refractivity contribution < 1.29 is 4.74 Å². The highest BCUT2D eigenvalue weighted by Crippen LogP contribution is 2.11. The number of imidazole rings is 1. The van der Waals surface area contributed by atoms with E-state index < -0.39 is 0 Å². The first kappa shape index (κ1) is 22.7. The van der Waals surface area contributed by atoms with E-state index in [1.54, 1.807) is 25.8 Å². The van der Waals surface area contributed by atoms with E-state index in [1.807, 2.05) is 35.0 Å². The van der Waals surface area contributed by atoms with E-state index in [0.29, 0.717) is 6.54 Å². The Morgan fingerprint density at radius 3 is 2.62 bits per heavy atom. The summed E-state index contributed by atoms with van der Waals surface area (Å²) >= 11 is 0. The van der Waals surface area contributed by atoms with E-state index in [1.165, 1.54) is 5.56 Å². The van der Waals surface area contributed by atoms with Crippen molar-refractivity contribution in [1.82, 2.24) is 25.2 Å². The van der Waals surface area contributed by atoms with Gasteiger partial charge in [-0.1, -0.05) is 12.1 Å². The van der Waals surface area contributed by atoms with Gasteiger partial charge in [-0.3, -0.25) is 4.57 Å². The van der Waals surface area contributed by atoms with Crippen LogP contribution in [0.5, 0.6) is 5.75 Å². The van der Waals surface area contributed by atoms with Crippen LogP contribution in [0.2, 0.25) is 0 Å². The number of aromatic nitrogens is 3. The Morgan fingerprint density at radius 1 is 1.10 bits per heavy atom. The summed E-state index contributed by atoms with van der Waals surface area (Å²) in [5.41, 5.74) is 2.34. The molecule has 0 unspecified atom stereocenters. The lowest BCUT2D eigenvalue weighted by Gasteiger charge is -2.12. The number of guanidine groups is 1. The fourth-order valence-electron chi connectivity index (χ4n) is 2.72. The standard InChI is InChI=1S/C21H26N6O.HI/c1-3-23-21(25-11-8-17-4-6-19(28-2)7-5-17)26-15-18-9-10-24-20(14-18)27-13-12-22-16-27;/h4-7,9-10,12-14,16H,3,8,11,15H2,1-2H3,(H2,23,25,26);1H. The van der Waals surface area contributed by atoms with Crippen molar-refractivity contribution in [1.29, 1.82) is 0 Å². The molecule has 3 aromatic rings. The molecule has 0 bridgehead atoms. The first-order chi connectivity index (χ1) is 13.8. The predicted octanol–water partition coefficient (Wildman–Crippen LogP) is 3.19. The molecule has 0 aliphatic rings. The van der Waals surface area contributed by atoms with Crippen LogP contribution in [0.25, 0.3) is 5.82 Å². The molecule has 1 aromatic carbocycles. The van der Waals surface area contributed by atoms with Crippen LogP contribution in [0, 0.1) is 0 Å². The summed E-state index contributed by atoms with van der Waals surface area (Å²) in [5, 5.41) is 6.67. The summed E-state index contributed by atoms with van der Waals surface area (Å²) in [4.78, 5) is 13.1. The van der Waals surface area contributed by atoms with Gasteiger partial charge >= 0.3 is 0 Å². The number of rotatable bonds is 8. The Kier molecular flexibility index (Phi) is 9.42. The van der Waals surface area contributed by atoms with Gasteiger partial charge in [-0.05, 0) is 48.7 Å². The molecule has 0 saturated heterocycles. The molecule has 0 aliphatic heterocycles. The number of aliphatic imine (C=N–C) groups is 1. The van der Waals surface area contributed by atoms with Crippen molar-refractivity contribution in [2.24, 2.45) is 4.99 Å². The summed E-state index contributed by atoms with van der Waals surface area (Å²) in [7, 11) is 1.68. The molecule has 0 aliphatic carbocycles. The zero-order chi connectivity index (χ0) is 19.6. The van der Waals surface area contributed by atoms with E-state index in [9.17, 15) is 0 Å². The molecule has 7 nitrogen and oxygen atoms in total. The largest absolute Gasteiger partial charge is 0.497 e. The maximum absolute atomic E-state index is 5.20. The van der Waals surface area contributed by atoms with Crippen molar-refractivity contribution in [2.45, 2.75) is 19.9 Å². The Bertz CT molecular complexity index is 880. The highest BCUT2D eigenvalue weighted by Gasteiger charge is 2.02. The number of pyridine rings is 1. The van der Waals surface area contributed by atoms with Gasteiger partial charge in [-0.25, -0.2) is 15.0 Å². The number of nitrogens with zero attached hydrogens (tertiary/aromatic N) is 4. The van der Waals surface area contributed by atoms with Gasteiger partial charge in [-0.2, -0.15) is 0 Å². The van der Waals surface area contributed by atoms with Crippen LogP contribution >= 0.6 is 24.0 Å². The van der Waals surface area contributed by atoms with Crippen LogP contribution in [0.1, 0.15) is 18.1 Å². The predicted molar refractivity (Wildman–Crippen MR) is 126 cm³/mol. The molecular weight excluding hydrogens is 479 g/mol. The van der Waals surface area contributed by atoms with Gasteiger partial charge in [0.15, 0.2) is 5.96 Å². The Labute approximate surface area is 188 Å². The maximum atomic E-state index is 5.20. The van der Waals surface area contributed by atoms with Gasteiger partial charge in [0, 0.05) is 31.7 Å². The van der Waals surface area contributed by atoms with Gasteiger partial charge in [0.05, 0.1) is 13.7 Å². The minimum atomic E-state index is 0. The van der Waals surface area contributed by atoms with E-state index in [4.69, 9.17) is 4.74 Å². The lowest BCUT2D eigenvalue weighted by Crippen LogP contribution is -2.38. The van der Waals surface area contributed by atoms with Crippen LogP contribution < -0.4 is 15.4 Å². The minimum absolute atomic E-state index is 0. The Hall–Kier alpha value is -2.62. The molecule has 0 amide bonds. The highest BCUT2D eigenvalue weighted by atomic mass is 127. The smallest absolute Gasteiger partial charge is 0.191 e. The van der Waals surface area contributed by atoms with Crippen molar-refractivity contribution in [3.8, 4) is 11.6 Å². The van der Waals surface area contributed by atoms with Crippen LogP contribution in [-0.4, -0.2) is 40.7 Å². The van der Waals surface area contributed by atoms with Crippen LogP contribution in [0.3, 0.4) is 0 Å². The van der Waals surface area contributed by atoms with Crippen LogP contribution in [0.15, 0.2) is 66.3 Å². The molecule has 2 aromatic heterocycles. The Morgan fingerprint density at radius 2 is 1.93 bits per heavy atom. The van der Waals surface area contributed by atoms with Gasteiger partial charge in [-0.15, -0.1) is 24.0 Å². The summed E-state index contributed by atoms with van der Waals surface area (Å²) in [6.07, 6.45) is 8.06. The number of ether oxygens (including phenoxy) is 1. The highest BCUT2D eigenvalue weighted by molar-refractivity contribution is 14.0. The molecule has 0 fully saturated rings. The molecule has 8 heteroatoms. The molecule has 2 N–H and O–H groups in total. The molecule has 29 heavy (non-hydrogen) atoms. The third-order valence-electron chi connectivity index (χ3n) is 4.21. The minimum Gasteiger partial charge on any atom is -0.497 e. The zero-order valence-electron chi connectivity index (χ0n) is 16.7. The third kappa shape index (κ3) is 7.04. The third-order valence-corrected chi connectivity index (χ3v) is 4.21. The van der Waals surface area contributed by atoms with Gasteiger partial charge in [0.25, 0.3) is 0 Å². The SMILES string of the molecule is CCNC(=NCc1ccnc(-n2ccnc2)c1)NCCc1ccc(OC)cc1.I. The average molecular weight is 506 g/mol. The first-order valence-corrected chi connectivity index (χ1v) is 9.37. The molecular formula is C21H27IN6O. The van der Waals surface area contributed by atoms with Crippen molar-refractivity contribution in [3.63, 3.8) is 0 Å². The van der Waals surface area contributed by atoms with E-state index >= 15 is 0 Å². The summed E-state index contributed by atoms with van der Waals surface area (Å²) in [6, 6.07) is 12.1. The maximum Gasteiger partial charge on any atom is 0.191 e. The Balaban J connectivity index is 0.00000300. The topological polar surface area (TPSA) is 76.4 Å². The van der Waals surface area contributed by atoms with Gasteiger partial charge < -0.3 is 15.4 Å². The lowest BCUT2D eigenvalue weighted by molar-refractivity contribution is 0.414. The summed E-state index contributed by atoms with van der Waals surface area (Å²) in [6.45, 7) is 4.24. The number of benzene rings is 1. The summed E-state index contributed by atoms with van der Waals surface area (Å²) in [5.74, 6) is 2.51. The first-order valence-electron chi connectivity index (χ1n) is 9.37. The van der Waals surface area contributed by atoms with Crippen LogP contribution in [0.4, 0.5) is 0 Å². The molecule has 3 rings (SSSR count). The van der Waals surface area contributed by atoms with Gasteiger partial charge in [0.2, 0.25) is 0 Å². The lowest BCUT2D eigenvalue weighted by atomic mass is 10.1. The molecule has 2 heterocycles. The van der Waals surface area contributed by atoms with Crippen molar-refractivity contribution in [2.75, 3.05) is 20.2 Å². The number of methoxy groups -OCH3 is 1. The number of hydrogen-bond donors (Lipinski definition) is 2. The number of hydrogen-bond acceptors (Lipinski definition) is 4. The molecule has 0 spiro atoms. The van der Waals surface area contributed by atoms with E-state index in [2.05, 4.69) is 44.7 Å². The molecule has 154 valence electrons. The summed E-state index contributed by atoms with van der Waals surface area (Å²) < 4.78 is 7.08. The number of halogens is 1. The molecule has 0 atom stereocenters. The quantitative estimate of drug-likeness (QED) is 0.279. The van der Waals surface area contributed by atoms with E-state index in [-0.39, 0.29) is 24.0 Å². The van der Waals surface area contributed by atoms with E-state index in [0.717, 1.165) is 42.6 Å². The molecule has 0 saturated carbocycles. The fourth-order valence-corrected chi connectivity index (χ4v) is 2.72. The molecule has 0 radical (unpaired) electrons. The fraction of sp³-hybridized carbons (Fsp3) is 0.286. The second-order valence-corrected chi connectivity index (χ2v) is 6.21. The normalized spacial score (nSPS) is 10.9. The second kappa shape index (κ2) is 12.1. The van der Waals surface area contributed by atoms with Crippen molar-refractivity contribution in [3.05, 3.63) is 72.4 Å². The van der Waals surface area contributed by atoms with Gasteiger partial charge in [0.1, 0.15) is 17.9 Å². The number of nitrogens with one attached hydrogen (secondary N) is 2. The monoisotopic (exact) mass is 506 g/mol.